The summed E-state index contributed by atoms with van der Waals surface area (Å²) < 4.78 is 0. The summed E-state index contributed by atoms with van der Waals surface area (Å²) in [6, 6.07) is 13.3. The molecule has 0 saturated heterocycles. The maximum Gasteiger partial charge on any atom is 0.0297 e. The first-order valence-electron chi connectivity index (χ1n) is 6.25. The van der Waals surface area contributed by atoms with Crippen LogP contribution >= 0.6 is 23.5 Å². The van der Waals surface area contributed by atoms with Crippen molar-refractivity contribution in [3.8, 4) is 0 Å². The van der Waals surface area contributed by atoms with Crippen molar-refractivity contribution in [3.63, 3.8) is 0 Å². The lowest BCUT2D eigenvalue weighted by Crippen LogP contribution is -1.97. The summed E-state index contributed by atoms with van der Waals surface area (Å²) in [4.78, 5) is 5.69. The molecule has 0 nitrogen and oxygen atoms in total. The Morgan fingerprint density at radius 3 is 2.22 bits per heavy atom. The molecule has 0 spiro atoms. The molecule has 2 heteroatoms. The largest absolute Gasteiger partial charge is 0.0877 e. The number of benzene rings is 2. The molecule has 18 heavy (non-hydrogen) atoms. The normalized spacial score (nSPS) is 13.3. The van der Waals surface area contributed by atoms with Gasteiger partial charge >= 0.3 is 0 Å². The molecule has 0 saturated carbocycles. The van der Waals surface area contributed by atoms with Gasteiger partial charge in [-0.15, -0.1) is 0 Å². The van der Waals surface area contributed by atoms with Crippen LogP contribution in [0, 0.1) is 6.92 Å². The summed E-state index contributed by atoms with van der Waals surface area (Å²) in [6.07, 6.45) is 0. The second-order valence-corrected chi connectivity index (χ2v) is 7.04. The molecular weight excluding hydrogens is 256 g/mol. The zero-order chi connectivity index (χ0) is 12.7. The standard InChI is InChI=1S/C16H16S2/c1-10(2)12-7-5-9-14-16(12)18-15-11(3)6-4-8-13(15)17-14/h4-10H,1-3H3. The highest BCUT2D eigenvalue weighted by atomic mass is 32.2. The third-order valence-electron chi connectivity index (χ3n) is 3.23. The lowest BCUT2D eigenvalue weighted by molar-refractivity contribution is 0.828. The van der Waals surface area contributed by atoms with Crippen LogP contribution in [0.2, 0.25) is 0 Å². The predicted molar refractivity (Wildman–Crippen MR) is 80.0 cm³/mol. The molecular formula is C16H16S2. The van der Waals surface area contributed by atoms with E-state index in [9.17, 15) is 0 Å². The molecule has 0 radical (unpaired) electrons. The molecule has 2 aromatic rings. The Morgan fingerprint density at radius 2 is 1.50 bits per heavy atom. The smallest absolute Gasteiger partial charge is 0.0297 e. The van der Waals surface area contributed by atoms with Crippen molar-refractivity contribution in [2.75, 3.05) is 0 Å². The van der Waals surface area contributed by atoms with Crippen LogP contribution in [-0.2, 0) is 0 Å². The molecule has 0 N–H and O–H groups in total. The Labute approximate surface area is 117 Å². The number of fused-ring (bicyclic) bond motifs is 2. The molecule has 92 valence electrons. The SMILES string of the molecule is Cc1cccc2c1Sc1c(cccc1C(C)C)S2. The van der Waals surface area contributed by atoms with Gasteiger partial charge in [-0.25, -0.2) is 0 Å². The van der Waals surface area contributed by atoms with Crippen LogP contribution < -0.4 is 0 Å². The maximum atomic E-state index is 2.27. The van der Waals surface area contributed by atoms with Crippen LogP contribution in [0.15, 0.2) is 56.0 Å². The molecule has 1 aliphatic heterocycles. The average molecular weight is 272 g/mol. The molecule has 0 aliphatic carbocycles. The third kappa shape index (κ3) is 1.98. The minimum Gasteiger partial charge on any atom is -0.0877 e. The first-order chi connectivity index (χ1) is 8.66. The molecule has 0 atom stereocenters. The Hall–Kier alpha value is -0.860. The van der Waals surface area contributed by atoms with Crippen molar-refractivity contribution in [1.82, 2.24) is 0 Å². The molecule has 0 unspecified atom stereocenters. The Bertz CT molecular complexity index is 600. The van der Waals surface area contributed by atoms with Gasteiger partial charge in [-0.2, -0.15) is 0 Å². The van der Waals surface area contributed by atoms with Gasteiger partial charge in [0.05, 0.1) is 0 Å². The van der Waals surface area contributed by atoms with Crippen LogP contribution in [0.1, 0.15) is 30.9 Å². The van der Waals surface area contributed by atoms with Crippen LogP contribution in [0.3, 0.4) is 0 Å². The van der Waals surface area contributed by atoms with Gasteiger partial charge in [-0.05, 0) is 36.1 Å². The summed E-state index contributed by atoms with van der Waals surface area (Å²) in [5.41, 5.74) is 2.85. The minimum atomic E-state index is 0.582. The number of aryl methyl sites for hydroxylation is 1. The van der Waals surface area contributed by atoms with Gasteiger partial charge in [0.25, 0.3) is 0 Å². The lowest BCUT2D eigenvalue weighted by Gasteiger charge is -2.23. The lowest BCUT2D eigenvalue weighted by atomic mass is 10.0. The van der Waals surface area contributed by atoms with Crippen molar-refractivity contribution >= 4 is 23.5 Å². The summed E-state index contributed by atoms with van der Waals surface area (Å²) in [6.45, 7) is 6.75. The first kappa shape index (κ1) is 12.2. The summed E-state index contributed by atoms with van der Waals surface area (Å²) in [5, 5.41) is 0. The van der Waals surface area contributed by atoms with E-state index in [1.54, 1.807) is 0 Å². The molecule has 2 aromatic carbocycles. The van der Waals surface area contributed by atoms with Crippen LogP contribution in [0.4, 0.5) is 0 Å². The van der Waals surface area contributed by atoms with E-state index in [0.717, 1.165) is 0 Å². The predicted octanol–water partition coefficient (Wildman–Crippen LogP) is 5.73. The van der Waals surface area contributed by atoms with E-state index in [1.807, 2.05) is 23.5 Å². The fourth-order valence-electron chi connectivity index (χ4n) is 2.23. The third-order valence-corrected chi connectivity index (χ3v) is 6.02. The van der Waals surface area contributed by atoms with E-state index >= 15 is 0 Å². The van der Waals surface area contributed by atoms with Gasteiger partial charge in [-0.1, -0.05) is 61.6 Å². The molecule has 0 fully saturated rings. The van der Waals surface area contributed by atoms with E-state index < -0.39 is 0 Å². The van der Waals surface area contributed by atoms with Crippen molar-refractivity contribution in [3.05, 3.63) is 47.5 Å². The number of hydrogen-bond acceptors (Lipinski definition) is 2. The highest BCUT2D eigenvalue weighted by Gasteiger charge is 2.21. The zero-order valence-electron chi connectivity index (χ0n) is 10.9. The van der Waals surface area contributed by atoms with Gasteiger partial charge in [0.1, 0.15) is 0 Å². The fraction of sp³-hybridized carbons (Fsp3) is 0.250. The van der Waals surface area contributed by atoms with E-state index in [-0.39, 0.29) is 0 Å². The topological polar surface area (TPSA) is 0 Å². The summed E-state index contributed by atoms with van der Waals surface area (Å²) in [5.74, 6) is 0.582. The van der Waals surface area contributed by atoms with E-state index in [2.05, 4.69) is 57.2 Å². The van der Waals surface area contributed by atoms with Gasteiger partial charge in [-0.3, -0.25) is 0 Å². The maximum absolute atomic E-state index is 2.27. The Kier molecular flexibility index (Phi) is 3.16. The van der Waals surface area contributed by atoms with E-state index in [4.69, 9.17) is 0 Å². The summed E-state index contributed by atoms with van der Waals surface area (Å²) in [7, 11) is 0. The van der Waals surface area contributed by atoms with Gasteiger partial charge in [0.2, 0.25) is 0 Å². The van der Waals surface area contributed by atoms with Gasteiger partial charge in [0.15, 0.2) is 0 Å². The van der Waals surface area contributed by atoms with E-state index in [1.165, 1.54) is 30.7 Å². The van der Waals surface area contributed by atoms with Crippen molar-refractivity contribution in [2.24, 2.45) is 0 Å². The van der Waals surface area contributed by atoms with Crippen LogP contribution in [0.5, 0.6) is 0 Å². The number of rotatable bonds is 1. The van der Waals surface area contributed by atoms with Crippen LogP contribution in [0.25, 0.3) is 0 Å². The Balaban J connectivity index is 2.14. The summed E-state index contributed by atoms with van der Waals surface area (Å²) >= 11 is 3.85. The molecule has 0 bridgehead atoms. The zero-order valence-corrected chi connectivity index (χ0v) is 12.5. The second-order valence-electron chi connectivity index (χ2n) is 4.94. The quantitative estimate of drug-likeness (QED) is 0.554. The van der Waals surface area contributed by atoms with Gasteiger partial charge < -0.3 is 0 Å². The highest BCUT2D eigenvalue weighted by molar-refractivity contribution is 8.05. The fourth-order valence-corrected chi connectivity index (χ4v) is 4.92. The molecule has 1 aliphatic rings. The first-order valence-corrected chi connectivity index (χ1v) is 7.88. The number of hydrogen-bond donors (Lipinski definition) is 0. The van der Waals surface area contributed by atoms with Crippen LogP contribution in [-0.4, -0.2) is 0 Å². The second kappa shape index (κ2) is 4.67. The van der Waals surface area contributed by atoms with Gasteiger partial charge in [0, 0.05) is 19.6 Å². The molecule has 1 heterocycles. The van der Waals surface area contributed by atoms with Crippen molar-refractivity contribution in [1.29, 1.82) is 0 Å². The molecule has 0 amide bonds. The minimum absolute atomic E-state index is 0.582. The average Bonchev–Trinajstić information content (AvgIpc) is 2.36. The highest BCUT2D eigenvalue weighted by Crippen LogP contribution is 2.51. The Morgan fingerprint density at radius 1 is 0.833 bits per heavy atom. The van der Waals surface area contributed by atoms with E-state index in [0.29, 0.717) is 5.92 Å². The van der Waals surface area contributed by atoms with Crippen molar-refractivity contribution in [2.45, 2.75) is 46.3 Å². The monoisotopic (exact) mass is 272 g/mol. The van der Waals surface area contributed by atoms with Crippen molar-refractivity contribution < 1.29 is 0 Å². The molecule has 3 rings (SSSR count). The molecule has 0 aromatic heterocycles.